The summed E-state index contributed by atoms with van der Waals surface area (Å²) in [6.07, 6.45) is 9.29. The zero-order chi connectivity index (χ0) is 41.5. The molecule has 0 radical (unpaired) electrons. The van der Waals surface area contributed by atoms with Gasteiger partial charge in [-0.2, -0.15) is 0 Å². The fourth-order valence-corrected chi connectivity index (χ4v) is 15.0. The van der Waals surface area contributed by atoms with Gasteiger partial charge in [0.1, 0.15) is 0 Å². The number of carbonyl (C=O) groups excluding carboxylic acids is 2. The van der Waals surface area contributed by atoms with E-state index in [9.17, 15) is 35.1 Å². The molecule has 8 rings (SSSR count). The number of ether oxygens (including phenoxy) is 1. The zero-order valence-corrected chi connectivity index (χ0v) is 35.1. The molecule has 0 bridgehead atoms. The van der Waals surface area contributed by atoms with Crippen molar-refractivity contribution in [2.24, 2.45) is 92.4 Å². The van der Waals surface area contributed by atoms with Gasteiger partial charge < -0.3 is 41.7 Å². The van der Waals surface area contributed by atoms with E-state index < -0.39 is 52.2 Å². The Morgan fingerprint density at radius 1 is 0.966 bits per heavy atom. The highest BCUT2D eigenvalue weighted by Crippen LogP contribution is 2.72. The fraction of sp³-hybridized carbons (Fsp3) is 0.809. The maximum atomic E-state index is 14.1. The second-order valence-electron chi connectivity index (χ2n) is 21.0. The summed E-state index contributed by atoms with van der Waals surface area (Å²) in [7, 11) is 0. The molecular formula is C47H69N3O8. The summed E-state index contributed by atoms with van der Waals surface area (Å²) in [5, 5.41) is 60.9. The van der Waals surface area contributed by atoms with Gasteiger partial charge in [0, 0.05) is 42.1 Å². The van der Waals surface area contributed by atoms with Crippen LogP contribution in [0.15, 0.2) is 28.3 Å². The largest absolute Gasteiger partial charge is 0.465 e. The Balaban J connectivity index is 1.24. The van der Waals surface area contributed by atoms with E-state index >= 15 is 0 Å². The second-order valence-corrected chi connectivity index (χ2v) is 21.0. The predicted molar refractivity (Wildman–Crippen MR) is 219 cm³/mol. The Bertz CT molecular complexity index is 1790. The van der Waals surface area contributed by atoms with Crippen LogP contribution in [0.2, 0.25) is 0 Å². The van der Waals surface area contributed by atoms with Crippen LogP contribution in [-0.4, -0.2) is 85.9 Å². The zero-order valence-electron chi connectivity index (χ0n) is 35.1. The summed E-state index contributed by atoms with van der Waals surface area (Å²) in [6.45, 7) is 8.89. The molecule has 1 aliphatic heterocycles. The van der Waals surface area contributed by atoms with Crippen molar-refractivity contribution in [1.82, 2.24) is 0 Å². The van der Waals surface area contributed by atoms with E-state index in [4.69, 9.17) is 16.2 Å². The third-order valence-corrected chi connectivity index (χ3v) is 17.9. The van der Waals surface area contributed by atoms with Crippen LogP contribution >= 0.6 is 0 Å². The molecule has 58 heavy (non-hydrogen) atoms. The summed E-state index contributed by atoms with van der Waals surface area (Å²) in [5.41, 5.74) is 8.98. The standard InChI is InChI=1S/C47H69N3O8/c1-25-8-9-27-10-11-31-26(2)17-40(54)45(4,56)42-29(7-5-6-28(18-33(31)32(27)16-25)30-19-41(55)58-24-30)22-47(57)35-20-37(51)36-21-38(52)39(53)23-44(36,3)34(35)12-13-46(42,47)14-15-50-43(48)49/h10,20,25-26,28-34,36,38-40,42,52-54,56-57H,7-9,11-19,21-24H2,1-4H3,(H4,48,49,50)/t25-,26+,28+,29-,30-,31-,32+,33-,34-,36-,38+,39-,40+,42+,44+,45-,46-,47+/m0/s1. The first-order chi connectivity index (χ1) is 27.4. The van der Waals surface area contributed by atoms with Crippen molar-refractivity contribution in [3.63, 3.8) is 0 Å². The molecule has 11 nitrogen and oxygen atoms in total. The molecule has 1 heterocycles. The molecule has 7 aliphatic carbocycles. The summed E-state index contributed by atoms with van der Waals surface area (Å²) >= 11 is 0. The molecule has 0 aromatic heterocycles. The van der Waals surface area contributed by atoms with Gasteiger partial charge in [0.2, 0.25) is 0 Å². The molecule has 18 atom stereocenters. The Morgan fingerprint density at radius 3 is 2.47 bits per heavy atom. The van der Waals surface area contributed by atoms with Gasteiger partial charge in [-0.1, -0.05) is 38.3 Å². The quantitative estimate of drug-likeness (QED) is 0.0710. The van der Waals surface area contributed by atoms with Crippen molar-refractivity contribution in [1.29, 1.82) is 0 Å². The number of guanidine groups is 1. The van der Waals surface area contributed by atoms with Gasteiger partial charge in [-0.25, -0.2) is 0 Å². The summed E-state index contributed by atoms with van der Waals surface area (Å²) in [6, 6.07) is 0. The summed E-state index contributed by atoms with van der Waals surface area (Å²) in [4.78, 5) is 31.1. The highest BCUT2D eigenvalue weighted by atomic mass is 16.5. The summed E-state index contributed by atoms with van der Waals surface area (Å²) in [5.74, 6) is 6.77. The molecular weight excluding hydrogens is 735 g/mol. The van der Waals surface area contributed by atoms with E-state index in [1.807, 2.05) is 6.92 Å². The van der Waals surface area contributed by atoms with E-state index in [1.165, 1.54) is 6.42 Å². The van der Waals surface area contributed by atoms with Crippen molar-refractivity contribution >= 4 is 17.7 Å². The molecule has 11 heteroatoms. The number of carbonyl (C=O) groups is 2. The fourth-order valence-electron chi connectivity index (χ4n) is 15.0. The Hall–Kier alpha value is -2.75. The topological polar surface area (TPSA) is 209 Å². The van der Waals surface area contributed by atoms with E-state index in [0.29, 0.717) is 68.5 Å². The lowest BCUT2D eigenvalue weighted by Crippen LogP contribution is -2.64. The molecule has 0 aromatic carbocycles. The molecule has 5 fully saturated rings. The number of nitrogens with two attached hydrogens (primary N) is 2. The molecule has 1 saturated heterocycles. The molecule has 0 aromatic rings. The van der Waals surface area contributed by atoms with Gasteiger partial charge in [-0.15, -0.1) is 5.92 Å². The van der Waals surface area contributed by atoms with E-state index in [2.05, 4.69) is 36.8 Å². The molecule has 8 aliphatic rings. The number of rotatable bonds is 4. The van der Waals surface area contributed by atoms with Crippen molar-refractivity contribution < 1.29 is 39.9 Å². The Labute approximate surface area is 344 Å². The SMILES string of the molecule is C[C@H]1CCC2=CC[C@@H]3[C@H](C[C@H]([C@@H]4COC(=O)C4)C#CC[C@H]4C[C@@]5(O)C6=CC(=O)[C@@H]7C[C@@H](O)[C@@H](O)C[C@]7(C)[C@H]6CC[C@]5(CCN=C(N)N)[C@H]4[C@@](C)(O)[C@H](O)C[C@H]3C)[C@@H]2C1. The van der Waals surface area contributed by atoms with Crippen LogP contribution in [-0.2, 0) is 14.3 Å². The summed E-state index contributed by atoms with van der Waals surface area (Å²) < 4.78 is 5.56. The Morgan fingerprint density at radius 2 is 1.74 bits per heavy atom. The van der Waals surface area contributed by atoms with Crippen LogP contribution in [0.25, 0.3) is 0 Å². The van der Waals surface area contributed by atoms with Crippen molar-refractivity contribution in [2.75, 3.05) is 13.2 Å². The lowest BCUT2D eigenvalue weighted by atomic mass is 9.44. The van der Waals surface area contributed by atoms with E-state index in [1.54, 1.807) is 18.6 Å². The van der Waals surface area contributed by atoms with Crippen LogP contribution < -0.4 is 11.5 Å². The Kier molecular flexibility index (Phi) is 11.1. The van der Waals surface area contributed by atoms with Crippen LogP contribution in [0.1, 0.15) is 118 Å². The minimum Gasteiger partial charge on any atom is -0.465 e. The predicted octanol–water partition coefficient (Wildman–Crippen LogP) is 4.17. The van der Waals surface area contributed by atoms with Gasteiger partial charge in [-0.3, -0.25) is 14.6 Å². The number of hydrogen-bond donors (Lipinski definition) is 7. The normalized spacial score (nSPS) is 50.2. The number of fused-ring (bicyclic) bond motifs is 10. The lowest BCUT2D eigenvalue weighted by molar-refractivity contribution is -0.189. The number of aliphatic imine (C=N–C) groups is 1. The number of esters is 1. The van der Waals surface area contributed by atoms with Gasteiger partial charge >= 0.3 is 5.97 Å². The first-order valence-electron chi connectivity index (χ1n) is 22.5. The number of hydrogen-bond acceptors (Lipinski definition) is 9. The number of ketones is 1. The monoisotopic (exact) mass is 804 g/mol. The molecule has 0 unspecified atom stereocenters. The molecule has 0 spiro atoms. The van der Waals surface area contributed by atoms with Gasteiger partial charge in [0.15, 0.2) is 11.7 Å². The number of aliphatic hydroxyl groups excluding tert-OH is 3. The average Bonchev–Trinajstić information content (AvgIpc) is 3.70. The minimum atomic E-state index is -1.66. The number of aliphatic hydroxyl groups is 5. The average molecular weight is 804 g/mol. The molecule has 4 saturated carbocycles. The van der Waals surface area contributed by atoms with E-state index in [0.717, 1.165) is 25.7 Å². The van der Waals surface area contributed by atoms with Crippen molar-refractivity contribution in [2.45, 2.75) is 147 Å². The van der Waals surface area contributed by atoms with Crippen molar-refractivity contribution in [3.8, 4) is 11.8 Å². The number of nitrogens with zero attached hydrogens (tertiary/aromatic N) is 1. The second kappa shape index (κ2) is 15.3. The molecule has 0 amide bonds. The van der Waals surface area contributed by atoms with Gasteiger partial charge in [-0.05, 0) is 142 Å². The van der Waals surface area contributed by atoms with Crippen LogP contribution in [0.3, 0.4) is 0 Å². The van der Waals surface area contributed by atoms with Gasteiger partial charge in [0.25, 0.3) is 0 Å². The maximum Gasteiger partial charge on any atom is 0.306 e. The smallest absolute Gasteiger partial charge is 0.306 e. The first kappa shape index (κ1) is 42.0. The maximum absolute atomic E-state index is 14.1. The highest BCUT2D eigenvalue weighted by Gasteiger charge is 2.73. The van der Waals surface area contributed by atoms with Crippen LogP contribution in [0.5, 0.6) is 0 Å². The third-order valence-electron chi connectivity index (χ3n) is 17.9. The first-order valence-corrected chi connectivity index (χ1v) is 22.5. The highest BCUT2D eigenvalue weighted by molar-refractivity contribution is 5.95. The number of allylic oxidation sites excluding steroid dienone is 3. The van der Waals surface area contributed by atoms with Crippen LogP contribution in [0.4, 0.5) is 0 Å². The molecule has 9 N–H and O–H groups in total. The van der Waals surface area contributed by atoms with Crippen molar-refractivity contribution in [3.05, 3.63) is 23.3 Å². The third kappa shape index (κ3) is 6.80. The van der Waals surface area contributed by atoms with E-state index in [-0.39, 0.29) is 79.0 Å². The minimum absolute atomic E-state index is 0.0144. The van der Waals surface area contributed by atoms with Crippen LogP contribution in [0, 0.1) is 87.8 Å². The molecule has 320 valence electrons. The number of cyclic esters (lactones) is 1. The van der Waals surface area contributed by atoms with Gasteiger partial charge in [0.05, 0.1) is 42.5 Å². The lowest BCUT2D eigenvalue weighted by Gasteiger charge is -2.61.